The first-order valence-corrected chi connectivity index (χ1v) is 2.63. The van der Waals surface area contributed by atoms with Crippen molar-refractivity contribution in [3.05, 3.63) is 4.91 Å². The minimum absolute atomic E-state index is 0.400. The van der Waals surface area contributed by atoms with Gasteiger partial charge in [0.15, 0.2) is 0 Å². The van der Waals surface area contributed by atoms with Gasteiger partial charge in [0.05, 0.1) is 6.04 Å². The summed E-state index contributed by atoms with van der Waals surface area (Å²) in [4.78, 5) is 21.7. The Morgan fingerprint density at radius 1 is 1.56 bits per heavy atom. The van der Waals surface area contributed by atoms with Crippen molar-refractivity contribution in [2.45, 2.75) is 13.0 Å². The fraction of sp³-hybridized carbons (Fsp3) is 0.800. The van der Waals surface area contributed by atoms with Crippen LogP contribution < -0.4 is 0 Å². The average molecular weight is 130 g/mol. The standard InChI is InChI=1S/C5H10N2O2/c1-4(7(2)3)5(8)6-9/h4H,1-3H3/t4-/m1/s1. The molecule has 0 fully saturated rings. The van der Waals surface area contributed by atoms with Crippen molar-refractivity contribution in [1.29, 1.82) is 0 Å². The van der Waals surface area contributed by atoms with E-state index in [0.29, 0.717) is 0 Å². The highest BCUT2D eigenvalue weighted by Crippen LogP contribution is 1.92. The Bertz CT molecular complexity index is 122. The zero-order chi connectivity index (χ0) is 7.44. The predicted octanol–water partition coefficient (Wildman–Crippen LogP) is 0.230. The van der Waals surface area contributed by atoms with Crippen LogP contribution in [0.4, 0.5) is 0 Å². The van der Waals surface area contributed by atoms with E-state index in [0.717, 1.165) is 0 Å². The molecular weight excluding hydrogens is 120 g/mol. The molecule has 1 amide bonds. The van der Waals surface area contributed by atoms with E-state index in [1.807, 2.05) is 0 Å². The number of likely N-dealkylation sites (N-methyl/N-ethyl adjacent to an activating group) is 1. The van der Waals surface area contributed by atoms with Crippen LogP contribution >= 0.6 is 0 Å². The Labute approximate surface area is 53.8 Å². The van der Waals surface area contributed by atoms with Gasteiger partial charge in [0.25, 0.3) is 0 Å². The number of rotatable bonds is 2. The Hall–Kier alpha value is -0.770. The highest BCUT2D eigenvalue weighted by Gasteiger charge is 2.14. The van der Waals surface area contributed by atoms with Gasteiger partial charge in [-0.1, -0.05) is 0 Å². The second-order valence-corrected chi connectivity index (χ2v) is 2.07. The molecular formula is C5H10N2O2. The molecule has 0 aliphatic carbocycles. The molecule has 0 heterocycles. The summed E-state index contributed by atoms with van der Waals surface area (Å²) in [7, 11) is 3.43. The van der Waals surface area contributed by atoms with E-state index in [1.165, 1.54) is 0 Å². The topological polar surface area (TPSA) is 49.7 Å². The summed E-state index contributed by atoms with van der Waals surface area (Å²) in [5, 5.41) is 2.28. The molecule has 0 bridgehead atoms. The first-order valence-electron chi connectivity index (χ1n) is 2.63. The lowest BCUT2D eigenvalue weighted by Gasteiger charge is -2.13. The Morgan fingerprint density at radius 2 is 2.00 bits per heavy atom. The molecule has 52 valence electrons. The number of nitrogens with zero attached hydrogens (tertiary/aromatic N) is 2. The second kappa shape index (κ2) is 3.29. The van der Waals surface area contributed by atoms with Gasteiger partial charge in [0.2, 0.25) is 0 Å². The quantitative estimate of drug-likeness (QED) is 0.503. The molecule has 0 aliphatic heterocycles. The molecule has 0 spiro atoms. The average Bonchev–Trinajstić information content (AvgIpc) is 1.84. The normalized spacial score (nSPS) is 13.3. The molecule has 4 nitrogen and oxygen atoms in total. The van der Waals surface area contributed by atoms with E-state index >= 15 is 0 Å². The van der Waals surface area contributed by atoms with E-state index in [-0.39, 0.29) is 0 Å². The van der Waals surface area contributed by atoms with Gasteiger partial charge in [-0.25, -0.2) is 0 Å². The number of carbonyl (C=O) groups excluding carboxylic acids is 1. The van der Waals surface area contributed by atoms with Crippen LogP contribution in [0, 0.1) is 4.91 Å². The van der Waals surface area contributed by atoms with Gasteiger partial charge in [-0.2, -0.15) is 0 Å². The number of amides is 1. The summed E-state index contributed by atoms with van der Waals surface area (Å²) >= 11 is 0. The first-order chi connectivity index (χ1) is 4.09. The number of carbonyl (C=O) groups is 1. The summed E-state index contributed by atoms with van der Waals surface area (Å²) in [6, 6.07) is -0.400. The third kappa shape index (κ3) is 2.32. The van der Waals surface area contributed by atoms with Crippen LogP contribution in [0.1, 0.15) is 6.92 Å². The molecule has 0 aromatic carbocycles. The molecule has 0 radical (unpaired) electrons. The van der Waals surface area contributed by atoms with Crippen molar-refractivity contribution in [1.82, 2.24) is 4.90 Å². The van der Waals surface area contributed by atoms with Crippen molar-refractivity contribution < 1.29 is 4.79 Å². The van der Waals surface area contributed by atoms with Crippen LogP contribution in [0.15, 0.2) is 5.18 Å². The van der Waals surface area contributed by atoms with E-state index in [4.69, 9.17) is 0 Å². The second-order valence-electron chi connectivity index (χ2n) is 2.07. The zero-order valence-corrected chi connectivity index (χ0v) is 5.79. The van der Waals surface area contributed by atoms with Crippen molar-refractivity contribution in [3.8, 4) is 0 Å². The lowest BCUT2D eigenvalue weighted by molar-refractivity contribution is -0.121. The molecule has 4 heteroatoms. The van der Waals surface area contributed by atoms with Gasteiger partial charge in [-0.15, -0.1) is 4.91 Å². The Kier molecular flexibility index (Phi) is 3.01. The highest BCUT2D eigenvalue weighted by atomic mass is 16.3. The lowest BCUT2D eigenvalue weighted by atomic mass is 10.3. The maximum atomic E-state index is 10.4. The molecule has 1 atom stereocenters. The fourth-order valence-electron chi connectivity index (χ4n) is 0.297. The predicted molar refractivity (Wildman–Crippen MR) is 34.0 cm³/mol. The van der Waals surface area contributed by atoms with E-state index < -0.39 is 11.9 Å². The highest BCUT2D eigenvalue weighted by molar-refractivity contribution is 5.81. The Balaban J connectivity index is 3.87. The summed E-state index contributed by atoms with van der Waals surface area (Å²) < 4.78 is 0. The third-order valence-electron chi connectivity index (χ3n) is 1.22. The summed E-state index contributed by atoms with van der Waals surface area (Å²) in [5.41, 5.74) is 0. The van der Waals surface area contributed by atoms with Crippen LogP contribution in [0.5, 0.6) is 0 Å². The maximum Gasteiger partial charge on any atom is 0.303 e. The minimum Gasteiger partial charge on any atom is -0.298 e. The van der Waals surface area contributed by atoms with Gasteiger partial charge in [-0.3, -0.25) is 9.69 Å². The van der Waals surface area contributed by atoms with Gasteiger partial charge in [0.1, 0.15) is 0 Å². The van der Waals surface area contributed by atoms with Crippen molar-refractivity contribution in [3.63, 3.8) is 0 Å². The fourth-order valence-corrected chi connectivity index (χ4v) is 0.297. The van der Waals surface area contributed by atoms with Gasteiger partial charge in [0, 0.05) is 5.18 Å². The van der Waals surface area contributed by atoms with Gasteiger partial charge in [-0.05, 0) is 21.0 Å². The number of nitroso groups, excluding NO2 is 1. The summed E-state index contributed by atoms with van der Waals surface area (Å²) in [5.74, 6) is -0.625. The number of hydrogen-bond acceptors (Lipinski definition) is 3. The molecule has 0 saturated heterocycles. The largest absolute Gasteiger partial charge is 0.303 e. The smallest absolute Gasteiger partial charge is 0.298 e. The summed E-state index contributed by atoms with van der Waals surface area (Å²) in [6.07, 6.45) is 0. The van der Waals surface area contributed by atoms with Crippen LogP contribution in [-0.2, 0) is 4.79 Å². The first kappa shape index (κ1) is 8.23. The maximum absolute atomic E-state index is 10.4. The lowest BCUT2D eigenvalue weighted by Crippen LogP contribution is -2.31. The van der Waals surface area contributed by atoms with Crippen LogP contribution in [0.25, 0.3) is 0 Å². The van der Waals surface area contributed by atoms with Crippen molar-refractivity contribution in [2.24, 2.45) is 5.18 Å². The molecule has 9 heavy (non-hydrogen) atoms. The van der Waals surface area contributed by atoms with Crippen LogP contribution in [-0.4, -0.2) is 30.9 Å². The monoisotopic (exact) mass is 130 g/mol. The molecule has 0 rings (SSSR count). The van der Waals surface area contributed by atoms with Crippen LogP contribution in [0.2, 0.25) is 0 Å². The molecule has 0 unspecified atom stereocenters. The van der Waals surface area contributed by atoms with E-state index in [9.17, 15) is 9.70 Å². The SMILES string of the molecule is C[C@H](C(=O)N=O)N(C)C. The Morgan fingerprint density at radius 3 is 2.11 bits per heavy atom. The van der Waals surface area contributed by atoms with E-state index in [2.05, 4.69) is 5.18 Å². The van der Waals surface area contributed by atoms with Gasteiger partial charge >= 0.3 is 5.91 Å². The number of hydrogen-bond donors (Lipinski definition) is 0. The molecule has 0 saturated carbocycles. The van der Waals surface area contributed by atoms with Crippen LogP contribution in [0.3, 0.4) is 0 Å². The molecule has 0 aromatic rings. The van der Waals surface area contributed by atoms with Crippen molar-refractivity contribution in [2.75, 3.05) is 14.1 Å². The molecule has 0 aromatic heterocycles. The molecule has 0 N–H and O–H groups in total. The molecule has 0 aliphatic rings. The minimum atomic E-state index is -0.625. The summed E-state index contributed by atoms with van der Waals surface area (Å²) in [6.45, 7) is 1.63. The van der Waals surface area contributed by atoms with Crippen molar-refractivity contribution >= 4 is 5.91 Å². The van der Waals surface area contributed by atoms with E-state index in [1.54, 1.807) is 25.9 Å². The zero-order valence-electron chi connectivity index (χ0n) is 5.79. The third-order valence-corrected chi connectivity index (χ3v) is 1.22. The van der Waals surface area contributed by atoms with Gasteiger partial charge < -0.3 is 0 Å².